The zero-order valence-corrected chi connectivity index (χ0v) is 15.8. The van der Waals surface area contributed by atoms with Gasteiger partial charge < -0.3 is 14.8 Å². The summed E-state index contributed by atoms with van der Waals surface area (Å²) in [5, 5.41) is 5.07. The molecule has 0 saturated heterocycles. The van der Waals surface area contributed by atoms with Gasteiger partial charge in [-0.1, -0.05) is 18.2 Å². The summed E-state index contributed by atoms with van der Waals surface area (Å²) < 4.78 is 25.1. The minimum absolute atomic E-state index is 0.0459. The second kappa shape index (κ2) is 8.60. The van der Waals surface area contributed by atoms with Gasteiger partial charge in [-0.15, -0.1) is 0 Å². The number of ether oxygens (including phenoxy) is 2. The van der Waals surface area contributed by atoms with Gasteiger partial charge in [0.05, 0.1) is 5.69 Å². The van der Waals surface area contributed by atoms with Crippen LogP contribution in [0.5, 0.6) is 17.2 Å². The topological polar surface area (TPSA) is 89.5 Å². The SMILES string of the molecule is O=C(Nc1ccc(Oc2ccnc(NC(=O)C3CC3)c2)cc1F)Oc1ccccc1. The highest BCUT2D eigenvalue weighted by Crippen LogP contribution is 2.31. The van der Waals surface area contributed by atoms with Crippen molar-refractivity contribution in [3.05, 3.63) is 72.7 Å². The lowest BCUT2D eigenvalue weighted by atomic mass is 10.3. The molecule has 1 saturated carbocycles. The summed E-state index contributed by atoms with van der Waals surface area (Å²) in [5.74, 6) is 0.626. The molecule has 0 spiro atoms. The van der Waals surface area contributed by atoms with Crippen LogP contribution in [0.25, 0.3) is 0 Å². The lowest BCUT2D eigenvalue weighted by molar-refractivity contribution is -0.117. The summed E-state index contributed by atoms with van der Waals surface area (Å²) in [5.41, 5.74) is -0.0459. The Morgan fingerprint density at radius 1 is 0.933 bits per heavy atom. The number of carbonyl (C=O) groups is 2. The van der Waals surface area contributed by atoms with E-state index < -0.39 is 11.9 Å². The highest BCUT2D eigenvalue weighted by atomic mass is 19.1. The largest absolute Gasteiger partial charge is 0.457 e. The number of carbonyl (C=O) groups excluding carboxylic acids is 2. The van der Waals surface area contributed by atoms with Crippen LogP contribution in [0.4, 0.5) is 20.7 Å². The monoisotopic (exact) mass is 407 g/mol. The minimum atomic E-state index is -0.807. The van der Waals surface area contributed by atoms with Crippen LogP contribution in [0.2, 0.25) is 0 Å². The van der Waals surface area contributed by atoms with Crippen molar-refractivity contribution in [2.45, 2.75) is 12.8 Å². The van der Waals surface area contributed by atoms with Crippen molar-refractivity contribution in [2.24, 2.45) is 5.92 Å². The van der Waals surface area contributed by atoms with Crippen molar-refractivity contribution in [1.82, 2.24) is 4.98 Å². The Hall–Kier alpha value is -3.94. The molecule has 7 nitrogen and oxygen atoms in total. The fourth-order valence-corrected chi connectivity index (χ4v) is 2.64. The van der Waals surface area contributed by atoms with Crippen LogP contribution in [0.1, 0.15) is 12.8 Å². The molecular formula is C22H18FN3O4. The number of nitrogens with zero attached hydrogens (tertiary/aromatic N) is 1. The van der Waals surface area contributed by atoms with E-state index in [1.807, 2.05) is 0 Å². The molecule has 1 aromatic heterocycles. The highest BCUT2D eigenvalue weighted by Gasteiger charge is 2.29. The van der Waals surface area contributed by atoms with Crippen LogP contribution in [0, 0.1) is 11.7 Å². The lowest BCUT2D eigenvalue weighted by Gasteiger charge is -2.10. The van der Waals surface area contributed by atoms with Crippen LogP contribution >= 0.6 is 0 Å². The zero-order chi connectivity index (χ0) is 20.9. The molecule has 4 rings (SSSR count). The smallest absolute Gasteiger partial charge is 0.417 e. The second-order valence-corrected chi connectivity index (χ2v) is 6.71. The van der Waals surface area contributed by atoms with E-state index in [9.17, 15) is 14.0 Å². The Bertz CT molecular complexity index is 1070. The molecule has 1 aliphatic carbocycles. The van der Waals surface area contributed by atoms with Crippen molar-refractivity contribution in [3.63, 3.8) is 0 Å². The maximum absolute atomic E-state index is 14.4. The van der Waals surface area contributed by atoms with Crippen molar-refractivity contribution in [3.8, 4) is 17.2 Å². The van der Waals surface area contributed by atoms with E-state index in [0.29, 0.717) is 17.3 Å². The zero-order valence-electron chi connectivity index (χ0n) is 15.8. The predicted octanol–water partition coefficient (Wildman–Crippen LogP) is 4.97. The molecule has 1 aliphatic rings. The average Bonchev–Trinajstić information content (AvgIpc) is 3.57. The van der Waals surface area contributed by atoms with E-state index in [1.165, 1.54) is 18.3 Å². The summed E-state index contributed by atoms with van der Waals surface area (Å²) in [7, 11) is 0. The number of aromatic nitrogens is 1. The Balaban J connectivity index is 1.38. The molecule has 8 heteroatoms. The van der Waals surface area contributed by atoms with Gasteiger partial charge in [0.25, 0.3) is 0 Å². The van der Waals surface area contributed by atoms with E-state index >= 15 is 0 Å². The molecule has 0 atom stereocenters. The molecule has 2 N–H and O–H groups in total. The van der Waals surface area contributed by atoms with Gasteiger partial charge in [0.1, 0.15) is 23.1 Å². The Labute approximate surface area is 171 Å². The van der Waals surface area contributed by atoms with E-state index in [-0.39, 0.29) is 23.3 Å². The number of hydrogen-bond donors (Lipinski definition) is 2. The number of rotatable bonds is 6. The Kier molecular flexibility index (Phi) is 5.56. The predicted molar refractivity (Wildman–Crippen MR) is 108 cm³/mol. The average molecular weight is 407 g/mol. The van der Waals surface area contributed by atoms with Crippen molar-refractivity contribution < 1.29 is 23.5 Å². The first-order chi connectivity index (χ1) is 14.6. The number of nitrogens with one attached hydrogen (secondary N) is 2. The maximum Gasteiger partial charge on any atom is 0.417 e. The minimum Gasteiger partial charge on any atom is -0.457 e. The van der Waals surface area contributed by atoms with Crippen molar-refractivity contribution in [2.75, 3.05) is 10.6 Å². The molecule has 1 fully saturated rings. The number of halogens is 1. The van der Waals surface area contributed by atoms with Crippen LogP contribution in [0.3, 0.4) is 0 Å². The summed E-state index contributed by atoms with van der Waals surface area (Å²) in [6, 6.07) is 15.6. The quantitative estimate of drug-likeness (QED) is 0.602. The number of amides is 2. The number of para-hydroxylation sites is 1. The van der Waals surface area contributed by atoms with E-state index in [2.05, 4.69) is 15.6 Å². The van der Waals surface area contributed by atoms with E-state index in [0.717, 1.165) is 18.9 Å². The molecule has 2 aromatic carbocycles. The van der Waals surface area contributed by atoms with Gasteiger partial charge >= 0.3 is 6.09 Å². The summed E-state index contributed by atoms with van der Waals surface area (Å²) in [4.78, 5) is 27.8. The third-order valence-corrected chi connectivity index (χ3v) is 4.30. The van der Waals surface area contributed by atoms with Gasteiger partial charge in [-0.25, -0.2) is 14.2 Å². The molecule has 1 heterocycles. The summed E-state index contributed by atoms with van der Waals surface area (Å²) in [6.45, 7) is 0. The van der Waals surface area contributed by atoms with Crippen LogP contribution in [-0.2, 0) is 4.79 Å². The molecule has 0 aliphatic heterocycles. The van der Waals surface area contributed by atoms with Crippen molar-refractivity contribution >= 4 is 23.5 Å². The van der Waals surface area contributed by atoms with Crippen LogP contribution in [-0.4, -0.2) is 17.0 Å². The van der Waals surface area contributed by atoms with Gasteiger partial charge in [-0.05, 0) is 43.2 Å². The lowest BCUT2D eigenvalue weighted by Crippen LogP contribution is -2.17. The maximum atomic E-state index is 14.4. The van der Waals surface area contributed by atoms with E-state index in [1.54, 1.807) is 42.5 Å². The second-order valence-electron chi connectivity index (χ2n) is 6.71. The molecule has 152 valence electrons. The van der Waals surface area contributed by atoms with Gasteiger partial charge in [0.15, 0.2) is 5.82 Å². The number of pyridine rings is 1. The molecule has 0 unspecified atom stereocenters. The van der Waals surface area contributed by atoms with Gasteiger partial charge in [0, 0.05) is 24.2 Å². The normalized spacial score (nSPS) is 12.7. The molecule has 3 aromatic rings. The van der Waals surface area contributed by atoms with Gasteiger partial charge in [0.2, 0.25) is 5.91 Å². The number of hydrogen-bond acceptors (Lipinski definition) is 5. The van der Waals surface area contributed by atoms with Crippen LogP contribution < -0.4 is 20.1 Å². The summed E-state index contributed by atoms with van der Waals surface area (Å²) >= 11 is 0. The Morgan fingerprint density at radius 3 is 2.43 bits per heavy atom. The fraction of sp³-hybridized carbons (Fsp3) is 0.136. The van der Waals surface area contributed by atoms with Crippen LogP contribution in [0.15, 0.2) is 66.9 Å². The molecule has 30 heavy (non-hydrogen) atoms. The van der Waals surface area contributed by atoms with Gasteiger partial charge in [-0.2, -0.15) is 0 Å². The first kappa shape index (κ1) is 19.4. The van der Waals surface area contributed by atoms with E-state index in [4.69, 9.17) is 9.47 Å². The number of anilines is 2. The fourth-order valence-electron chi connectivity index (χ4n) is 2.64. The highest BCUT2D eigenvalue weighted by molar-refractivity contribution is 5.93. The molecule has 2 amide bonds. The third kappa shape index (κ3) is 5.11. The third-order valence-electron chi connectivity index (χ3n) is 4.30. The Morgan fingerprint density at radius 2 is 1.70 bits per heavy atom. The summed E-state index contributed by atoms with van der Waals surface area (Å²) in [6.07, 6.45) is 2.46. The standard InChI is InChI=1S/C22H18FN3O4/c23-18-12-16(8-9-19(18)25-22(28)30-15-4-2-1-3-5-15)29-17-10-11-24-20(13-17)26-21(27)14-6-7-14/h1-5,8-14H,6-7H2,(H,25,28)(H,24,26,27). The molecule has 0 bridgehead atoms. The molecule has 0 radical (unpaired) electrons. The number of benzene rings is 2. The van der Waals surface area contributed by atoms with Gasteiger partial charge in [-0.3, -0.25) is 10.1 Å². The first-order valence-electron chi connectivity index (χ1n) is 9.35. The van der Waals surface area contributed by atoms with Crippen molar-refractivity contribution in [1.29, 1.82) is 0 Å². The first-order valence-corrected chi connectivity index (χ1v) is 9.35. The molecular weight excluding hydrogens is 389 g/mol.